The molecule has 1 fully saturated rings. The maximum Gasteiger partial charge on any atom is 0.407 e. The van der Waals surface area contributed by atoms with Gasteiger partial charge in [0.2, 0.25) is 5.88 Å². The van der Waals surface area contributed by atoms with Gasteiger partial charge in [0.1, 0.15) is 0 Å². The topological polar surface area (TPSA) is 81.1 Å². The number of rotatable bonds is 11. The molecule has 1 saturated heterocycles. The number of hydrogen-bond donors (Lipinski definition) is 1. The first-order valence-electron chi connectivity index (χ1n) is 13.4. The van der Waals surface area contributed by atoms with E-state index in [4.69, 9.17) is 14.2 Å². The summed E-state index contributed by atoms with van der Waals surface area (Å²) in [5, 5.41) is 11.9. The molecule has 1 amide bonds. The predicted octanol–water partition coefficient (Wildman–Crippen LogP) is 6.27. The van der Waals surface area contributed by atoms with Crippen LogP contribution in [-0.4, -0.2) is 53.5 Å². The highest BCUT2D eigenvalue weighted by atomic mass is 16.5. The second-order valence-electron chi connectivity index (χ2n) is 9.82. The molecule has 2 unspecified atom stereocenters. The third-order valence-corrected chi connectivity index (χ3v) is 7.09. The Bertz CT molecular complexity index is 1350. The van der Waals surface area contributed by atoms with E-state index in [9.17, 15) is 9.90 Å². The van der Waals surface area contributed by atoms with Crippen molar-refractivity contribution >= 4 is 16.9 Å². The number of pyridine rings is 1. The molecule has 0 bridgehead atoms. The Morgan fingerprint density at radius 3 is 2.51 bits per heavy atom. The van der Waals surface area contributed by atoms with E-state index in [0.29, 0.717) is 51.8 Å². The number of piperidine rings is 1. The molecule has 5 rings (SSSR count). The van der Waals surface area contributed by atoms with E-state index >= 15 is 0 Å². The van der Waals surface area contributed by atoms with Gasteiger partial charge in [-0.1, -0.05) is 72.8 Å². The minimum absolute atomic E-state index is 0.0500. The predicted molar refractivity (Wildman–Crippen MR) is 150 cm³/mol. The molecule has 0 saturated carbocycles. The number of carboxylic acid groups (broad SMARTS) is 1. The normalized spacial score (nSPS) is 17.3. The van der Waals surface area contributed by atoms with Crippen molar-refractivity contribution in [1.82, 2.24) is 9.88 Å². The standard InChI is InChI=1S/C32H34N2O5/c35-32(36)34-16-15-29(30(21-34)39-23-25-11-12-26-9-4-5-10-27(26)19-25)28-13-14-31(33-20-28)38-18-6-17-37-22-24-7-2-1-3-8-24/h1-5,7-14,19-20,29-30H,6,15-18,21-23H2,(H,35,36). The number of fused-ring (bicyclic) bond motifs is 1. The van der Waals surface area contributed by atoms with Crippen LogP contribution < -0.4 is 4.74 Å². The van der Waals surface area contributed by atoms with Crippen LogP contribution in [0.5, 0.6) is 5.88 Å². The molecule has 0 aliphatic carbocycles. The molecule has 0 radical (unpaired) electrons. The van der Waals surface area contributed by atoms with Gasteiger partial charge in [0.15, 0.2) is 0 Å². The summed E-state index contributed by atoms with van der Waals surface area (Å²) in [7, 11) is 0. The molecule has 202 valence electrons. The Morgan fingerprint density at radius 1 is 0.897 bits per heavy atom. The Hall–Kier alpha value is -3.94. The SMILES string of the molecule is O=C(O)N1CCC(c2ccc(OCCCOCc3ccccc3)nc2)C(OCc2ccc3ccccc3c2)C1. The zero-order valence-electron chi connectivity index (χ0n) is 21.9. The van der Waals surface area contributed by atoms with Crippen LogP contribution in [0.1, 0.15) is 35.4 Å². The van der Waals surface area contributed by atoms with Gasteiger partial charge in [0, 0.05) is 31.1 Å². The number of carbonyl (C=O) groups is 1. The van der Waals surface area contributed by atoms with Crippen LogP contribution >= 0.6 is 0 Å². The van der Waals surface area contributed by atoms with E-state index in [1.807, 2.05) is 60.8 Å². The van der Waals surface area contributed by atoms with E-state index in [-0.39, 0.29) is 12.0 Å². The lowest BCUT2D eigenvalue weighted by Gasteiger charge is -2.37. The van der Waals surface area contributed by atoms with E-state index in [0.717, 1.165) is 28.5 Å². The van der Waals surface area contributed by atoms with Crippen LogP contribution in [0.2, 0.25) is 0 Å². The smallest absolute Gasteiger partial charge is 0.407 e. The molecule has 7 heteroatoms. The lowest BCUT2D eigenvalue weighted by Crippen LogP contribution is -2.46. The Kier molecular flexibility index (Phi) is 9.04. The lowest BCUT2D eigenvalue weighted by atomic mass is 9.88. The van der Waals surface area contributed by atoms with Gasteiger partial charge in [-0.3, -0.25) is 0 Å². The molecule has 39 heavy (non-hydrogen) atoms. The fourth-order valence-corrected chi connectivity index (χ4v) is 4.97. The van der Waals surface area contributed by atoms with Crippen molar-refractivity contribution in [2.24, 2.45) is 0 Å². The van der Waals surface area contributed by atoms with E-state index in [2.05, 4.69) is 35.3 Å². The van der Waals surface area contributed by atoms with Crippen LogP contribution in [-0.2, 0) is 22.7 Å². The summed E-state index contributed by atoms with van der Waals surface area (Å²) < 4.78 is 17.9. The van der Waals surface area contributed by atoms with Crippen molar-refractivity contribution in [2.45, 2.75) is 38.1 Å². The van der Waals surface area contributed by atoms with Crippen LogP contribution in [0.4, 0.5) is 4.79 Å². The first-order chi connectivity index (χ1) is 19.2. The lowest BCUT2D eigenvalue weighted by molar-refractivity contribution is -0.0200. The molecule has 4 aromatic rings. The zero-order chi connectivity index (χ0) is 26.9. The van der Waals surface area contributed by atoms with Gasteiger partial charge in [0.05, 0.1) is 39.1 Å². The molecule has 2 heterocycles. The third-order valence-electron chi connectivity index (χ3n) is 7.09. The fourth-order valence-electron chi connectivity index (χ4n) is 4.97. The minimum Gasteiger partial charge on any atom is -0.478 e. The summed E-state index contributed by atoms with van der Waals surface area (Å²) in [6.07, 6.45) is 2.09. The average molecular weight is 527 g/mol. The van der Waals surface area contributed by atoms with Gasteiger partial charge >= 0.3 is 6.09 Å². The summed E-state index contributed by atoms with van der Waals surface area (Å²) in [6, 6.07) is 28.5. The highest BCUT2D eigenvalue weighted by molar-refractivity contribution is 5.82. The number of likely N-dealkylation sites (tertiary alicyclic amines) is 1. The molecule has 1 aromatic heterocycles. The van der Waals surface area contributed by atoms with Crippen LogP contribution in [0.25, 0.3) is 10.8 Å². The number of benzene rings is 3. The van der Waals surface area contributed by atoms with Crippen molar-refractivity contribution in [3.63, 3.8) is 0 Å². The second kappa shape index (κ2) is 13.2. The summed E-state index contributed by atoms with van der Waals surface area (Å²) in [5.41, 5.74) is 3.25. The van der Waals surface area contributed by atoms with Crippen molar-refractivity contribution in [1.29, 1.82) is 0 Å². The molecule has 2 atom stereocenters. The average Bonchev–Trinajstić information content (AvgIpc) is 2.98. The van der Waals surface area contributed by atoms with Gasteiger partial charge < -0.3 is 24.2 Å². The molecular formula is C32H34N2O5. The van der Waals surface area contributed by atoms with E-state index < -0.39 is 6.09 Å². The molecule has 0 spiro atoms. The van der Waals surface area contributed by atoms with Crippen LogP contribution in [0.15, 0.2) is 91.1 Å². The largest absolute Gasteiger partial charge is 0.478 e. The summed E-state index contributed by atoms with van der Waals surface area (Å²) in [5.74, 6) is 0.618. The monoisotopic (exact) mass is 526 g/mol. The quantitative estimate of drug-likeness (QED) is 0.232. The van der Waals surface area contributed by atoms with Crippen molar-refractivity contribution in [2.75, 3.05) is 26.3 Å². The maximum atomic E-state index is 11.7. The summed E-state index contributed by atoms with van der Waals surface area (Å²) >= 11 is 0. The third kappa shape index (κ3) is 7.34. The molecule has 1 aliphatic heterocycles. The number of aromatic nitrogens is 1. The highest BCUT2D eigenvalue weighted by Gasteiger charge is 2.33. The molecular weight excluding hydrogens is 492 g/mol. The van der Waals surface area contributed by atoms with Gasteiger partial charge in [-0.2, -0.15) is 0 Å². The van der Waals surface area contributed by atoms with E-state index in [1.165, 1.54) is 10.3 Å². The van der Waals surface area contributed by atoms with Crippen molar-refractivity contribution in [3.05, 3.63) is 108 Å². The number of amides is 1. The molecule has 1 aliphatic rings. The number of nitrogens with zero attached hydrogens (tertiary/aromatic N) is 2. The molecule has 7 nitrogen and oxygen atoms in total. The number of ether oxygens (including phenoxy) is 3. The first-order valence-corrected chi connectivity index (χ1v) is 13.4. The van der Waals surface area contributed by atoms with Crippen LogP contribution in [0.3, 0.4) is 0 Å². The fraction of sp³-hybridized carbons (Fsp3) is 0.312. The summed E-state index contributed by atoms with van der Waals surface area (Å²) in [6.45, 7) is 2.95. The van der Waals surface area contributed by atoms with E-state index in [1.54, 1.807) is 0 Å². The van der Waals surface area contributed by atoms with Gasteiger partial charge in [-0.25, -0.2) is 9.78 Å². The van der Waals surface area contributed by atoms with Gasteiger partial charge in [-0.05, 0) is 39.9 Å². The highest BCUT2D eigenvalue weighted by Crippen LogP contribution is 2.32. The van der Waals surface area contributed by atoms with Gasteiger partial charge in [0.25, 0.3) is 0 Å². The first kappa shape index (κ1) is 26.7. The Morgan fingerprint density at radius 2 is 1.72 bits per heavy atom. The van der Waals surface area contributed by atoms with Crippen LogP contribution in [0, 0.1) is 0 Å². The maximum absolute atomic E-state index is 11.7. The molecule has 1 N–H and O–H groups in total. The minimum atomic E-state index is -0.914. The molecule has 3 aromatic carbocycles. The van der Waals surface area contributed by atoms with Crippen molar-refractivity contribution in [3.8, 4) is 5.88 Å². The van der Waals surface area contributed by atoms with Crippen molar-refractivity contribution < 1.29 is 24.1 Å². The Balaban J connectivity index is 1.14. The zero-order valence-corrected chi connectivity index (χ0v) is 21.9. The summed E-state index contributed by atoms with van der Waals surface area (Å²) in [4.78, 5) is 17.6. The number of hydrogen-bond acceptors (Lipinski definition) is 5. The second-order valence-corrected chi connectivity index (χ2v) is 9.82. The Labute approximate surface area is 229 Å². The van der Waals surface area contributed by atoms with Gasteiger partial charge in [-0.15, -0.1) is 0 Å².